The van der Waals surface area contributed by atoms with Crippen LogP contribution in [0.25, 0.3) is 0 Å². The Morgan fingerprint density at radius 1 is 0.879 bits per heavy atom. The van der Waals surface area contributed by atoms with Gasteiger partial charge in [-0.1, -0.05) is 26.0 Å². The second-order valence-electron chi connectivity index (χ2n) is 8.37. The van der Waals surface area contributed by atoms with Gasteiger partial charge < -0.3 is 19.0 Å². The lowest BCUT2D eigenvalue weighted by molar-refractivity contribution is 0.0516. The molecule has 1 fully saturated rings. The van der Waals surface area contributed by atoms with Gasteiger partial charge in [-0.15, -0.1) is 0 Å². The van der Waals surface area contributed by atoms with Gasteiger partial charge in [0.15, 0.2) is 5.76 Å². The highest BCUT2D eigenvalue weighted by molar-refractivity contribution is 5.95. The average molecular weight is 451 g/mol. The first-order chi connectivity index (χ1) is 15.9. The normalized spacial score (nSPS) is 13.9. The SMILES string of the molecule is CC(C)c1ccc(C(=O)N2CCN(C(=O)c3ccc(COc4ccc(F)cc4)o3)CC2)cc1. The van der Waals surface area contributed by atoms with Crippen molar-refractivity contribution in [2.24, 2.45) is 0 Å². The third-order valence-corrected chi connectivity index (χ3v) is 5.75. The van der Waals surface area contributed by atoms with E-state index in [0.29, 0.717) is 49.2 Å². The average Bonchev–Trinajstić information content (AvgIpc) is 3.32. The van der Waals surface area contributed by atoms with Gasteiger partial charge in [-0.25, -0.2) is 4.39 Å². The van der Waals surface area contributed by atoms with Crippen molar-refractivity contribution in [2.45, 2.75) is 26.4 Å². The van der Waals surface area contributed by atoms with Gasteiger partial charge >= 0.3 is 0 Å². The Kier molecular flexibility index (Phi) is 6.77. The zero-order valence-corrected chi connectivity index (χ0v) is 18.8. The van der Waals surface area contributed by atoms with Gasteiger partial charge in [-0.2, -0.15) is 0 Å². The summed E-state index contributed by atoms with van der Waals surface area (Å²) >= 11 is 0. The predicted molar refractivity (Wildman–Crippen MR) is 122 cm³/mol. The van der Waals surface area contributed by atoms with Crippen molar-refractivity contribution in [3.05, 3.63) is 89.1 Å². The molecule has 0 N–H and O–H groups in total. The number of hydrogen-bond donors (Lipinski definition) is 0. The van der Waals surface area contributed by atoms with Gasteiger partial charge in [0.25, 0.3) is 11.8 Å². The molecule has 0 bridgehead atoms. The molecule has 3 aromatic rings. The van der Waals surface area contributed by atoms with Crippen LogP contribution in [0, 0.1) is 5.82 Å². The summed E-state index contributed by atoms with van der Waals surface area (Å²) in [7, 11) is 0. The Morgan fingerprint density at radius 2 is 1.48 bits per heavy atom. The lowest BCUT2D eigenvalue weighted by Gasteiger charge is -2.34. The second kappa shape index (κ2) is 9.90. The highest BCUT2D eigenvalue weighted by atomic mass is 19.1. The molecule has 4 rings (SSSR count). The van der Waals surface area contributed by atoms with Crippen LogP contribution in [0.5, 0.6) is 5.75 Å². The van der Waals surface area contributed by atoms with Crippen molar-refractivity contribution in [3.63, 3.8) is 0 Å². The van der Waals surface area contributed by atoms with E-state index in [1.165, 1.54) is 29.8 Å². The van der Waals surface area contributed by atoms with Crippen LogP contribution in [-0.2, 0) is 6.61 Å². The summed E-state index contributed by atoms with van der Waals surface area (Å²) < 4.78 is 24.2. The summed E-state index contributed by atoms with van der Waals surface area (Å²) in [5, 5.41) is 0. The highest BCUT2D eigenvalue weighted by Gasteiger charge is 2.27. The summed E-state index contributed by atoms with van der Waals surface area (Å²) in [5.41, 5.74) is 1.86. The second-order valence-corrected chi connectivity index (χ2v) is 8.37. The van der Waals surface area contributed by atoms with E-state index in [4.69, 9.17) is 9.15 Å². The lowest BCUT2D eigenvalue weighted by Crippen LogP contribution is -2.50. The number of ether oxygens (including phenoxy) is 1. The monoisotopic (exact) mass is 450 g/mol. The molecule has 33 heavy (non-hydrogen) atoms. The molecule has 0 aliphatic carbocycles. The Bertz CT molecular complexity index is 1100. The van der Waals surface area contributed by atoms with Crippen LogP contribution in [0.1, 0.15) is 52.0 Å². The van der Waals surface area contributed by atoms with Crippen LogP contribution >= 0.6 is 0 Å². The summed E-state index contributed by atoms with van der Waals surface area (Å²) in [6, 6.07) is 16.7. The van der Waals surface area contributed by atoms with E-state index in [1.807, 2.05) is 24.3 Å². The minimum absolute atomic E-state index is 0.0179. The van der Waals surface area contributed by atoms with Crippen molar-refractivity contribution < 1.29 is 23.1 Å². The number of piperazine rings is 1. The summed E-state index contributed by atoms with van der Waals surface area (Å²) in [4.78, 5) is 29.1. The third-order valence-electron chi connectivity index (χ3n) is 5.75. The maximum Gasteiger partial charge on any atom is 0.289 e. The van der Waals surface area contributed by atoms with E-state index < -0.39 is 0 Å². The smallest absolute Gasteiger partial charge is 0.289 e. The van der Waals surface area contributed by atoms with E-state index >= 15 is 0 Å². The number of rotatable bonds is 6. The number of amides is 2. The fourth-order valence-corrected chi connectivity index (χ4v) is 3.72. The molecule has 0 saturated carbocycles. The van der Waals surface area contributed by atoms with Crippen molar-refractivity contribution in [1.29, 1.82) is 0 Å². The van der Waals surface area contributed by atoms with Crippen LogP contribution in [-0.4, -0.2) is 47.8 Å². The standard InChI is InChI=1S/C26H27FN2O4/c1-18(2)19-3-5-20(6-4-19)25(30)28-13-15-29(16-14-28)26(31)24-12-11-23(33-24)17-32-22-9-7-21(27)8-10-22/h3-12,18H,13-17H2,1-2H3. The topological polar surface area (TPSA) is 63.0 Å². The van der Waals surface area contributed by atoms with Gasteiger partial charge in [-0.05, 0) is 60.0 Å². The minimum atomic E-state index is -0.334. The van der Waals surface area contributed by atoms with Crippen molar-refractivity contribution in [1.82, 2.24) is 9.80 Å². The van der Waals surface area contributed by atoms with Gasteiger partial charge in [0.1, 0.15) is 23.9 Å². The van der Waals surface area contributed by atoms with E-state index in [9.17, 15) is 14.0 Å². The molecule has 2 amide bonds. The Hall–Kier alpha value is -3.61. The van der Waals surface area contributed by atoms with Gasteiger partial charge in [0, 0.05) is 31.7 Å². The zero-order chi connectivity index (χ0) is 23.4. The van der Waals surface area contributed by atoms with E-state index in [2.05, 4.69) is 13.8 Å². The first-order valence-electron chi connectivity index (χ1n) is 11.1. The minimum Gasteiger partial charge on any atom is -0.486 e. The number of carbonyl (C=O) groups is 2. The summed E-state index contributed by atoms with van der Waals surface area (Å²) in [5.74, 6) is 1.10. The zero-order valence-electron chi connectivity index (χ0n) is 18.8. The highest BCUT2D eigenvalue weighted by Crippen LogP contribution is 2.19. The number of furan rings is 1. The van der Waals surface area contributed by atoms with E-state index in [-0.39, 0.29) is 30.0 Å². The molecule has 0 atom stereocenters. The molecule has 0 radical (unpaired) electrons. The molecule has 2 aromatic carbocycles. The van der Waals surface area contributed by atoms with Crippen LogP contribution in [0.15, 0.2) is 65.1 Å². The molecule has 2 heterocycles. The molecule has 1 aliphatic rings. The van der Waals surface area contributed by atoms with Gasteiger partial charge in [0.05, 0.1) is 0 Å². The first-order valence-corrected chi connectivity index (χ1v) is 11.1. The van der Waals surface area contributed by atoms with Crippen molar-refractivity contribution in [2.75, 3.05) is 26.2 Å². The lowest BCUT2D eigenvalue weighted by atomic mass is 10.0. The molecule has 6 nitrogen and oxygen atoms in total. The molecule has 0 unspecified atom stereocenters. The largest absolute Gasteiger partial charge is 0.486 e. The maximum atomic E-state index is 13.0. The maximum absolute atomic E-state index is 13.0. The fraction of sp³-hybridized carbons (Fsp3) is 0.308. The van der Waals surface area contributed by atoms with E-state index in [1.54, 1.807) is 21.9 Å². The molecule has 0 spiro atoms. The van der Waals surface area contributed by atoms with Crippen molar-refractivity contribution in [3.8, 4) is 5.75 Å². The Labute approximate surface area is 192 Å². The van der Waals surface area contributed by atoms with Crippen molar-refractivity contribution >= 4 is 11.8 Å². The van der Waals surface area contributed by atoms with Crippen LogP contribution in [0.3, 0.4) is 0 Å². The summed E-state index contributed by atoms with van der Waals surface area (Å²) in [6.07, 6.45) is 0. The third kappa shape index (κ3) is 5.42. The van der Waals surface area contributed by atoms with Gasteiger partial charge in [0.2, 0.25) is 0 Å². The van der Waals surface area contributed by atoms with Gasteiger partial charge in [-0.3, -0.25) is 9.59 Å². The fourth-order valence-electron chi connectivity index (χ4n) is 3.72. The van der Waals surface area contributed by atoms with Crippen LogP contribution in [0.4, 0.5) is 4.39 Å². The first kappa shape index (κ1) is 22.6. The molecule has 7 heteroatoms. The van der Waals surface area contributed by atoms with Crippen LogP contribution in [0.2, 0.25) is 0 Å². The quantitative estimate of drug-likeness (QED) is 0.545. The summed E-state index contributed by atoms with van der Waals surface area (Å²) in [6.45, 7) is 6.20. The van der Waals surface area contributed by atoms with Crippen LogP contribution < -0.4 is 4.74 Å². The molecular weight excluding hydrogens is 423 g/mol. The molecular formula is C26H27FN2O4. The predicted octanol–water partition coefficient (Wildman–Crippen LogP) is 4.72. The number of benzene rings is 2. The number of carbonyl (C=O) groups excluding carboxylic acids is 2. The molecule has 1 aromatic heterocycles. The van der Waals surface area contributed by atoms with E-state index in [0.717, 1.165) is 0 Å². The molecule has 1 saturated heterocycles. The number of halogens is 1. The number of hydrogen-bond acceptors (Lipinski definition) is 4. The molecule has 1 aliphatic heterocycles. The Morgan fingerprint density at radius 3 is 2.09 bits per heavy atom. The Balaban J connectivity index is 1.29. The number of nitrogens with zero attached hydrogens (tertiary/aromatic N) is 2. The molecule has 172 valence electrons.